The average Bonchev–Trinajstić information content (AvgIpc) is 2.16. The molecule has 0 saturated heterocycles. The van der Waals surface area contributed by atoms with Gasteiger partial charge in [0, 0.05) is 0 Å². The minimum atomic E-state index is -4.72. The molecule has 0 aliphatic heterocycles. The standard InChI is InChI=1S/C9H10O5S.Na.H/c1-2-7-3-5-9(6-4-7,8(10)11)15(12,13)14;;/h2-6H,1H3,(H,10,11)(H,12,13,14);;. The van der Waals surface area contributed by atoms with Crippen molar-refractivity contribution in [2.75, 3.05) is 0 Å². The maximum atomic E-state index is 11.0. The van der Waals surface area contributed by atoms with Crippen molar-refractivity contribution >= 4 is 45.6 Å². The summed E-state index contributed by atoms with van der Waals surface area (Å²) >= 11 is 0. The van der Waals surface area contributed by atoms with E-state index in [0.29, 0.717) is 5.57 Å². The Morgan fingerprint density at radius 3 is 2.06 bits per heavy atom. The molecule has 7 heteroatoms. The molecular formula is C9H11NaO5S. The van der Waals surface area contributed by atoms with E-state index in [9.17, 15) is 13.2 Å². The van der Waals surface area contributed by atoms with E-state index in [1.807, 2.05) is 0 Å². The molecule has 84 valence electrons. The second-order valence-corrected chi connectivity index (χ2v) is 4.65. The van der Waals surface area contributed by atoms with Crippen LogP contribution in [-0.4, -0.2) is 58.4 Å². The predicted molar refractivity (Wildman–Crippen MR) is 61.1 cm³/mol. The predicted octanol–water partition coefficient (Wildman–Crippen LogP) is 0.121. The van der Waals surface area contributed by atoms with E-state index < -0.39 is 20.8 Å². The molecule has 0 aromatic carbocycles. The molecule has 0 heterocycles. The number of hydrogen-bond donors (Lipinski definition) is 2. The van der Waals surface area contributed by atoms with Crippen LogP contribution in [0.2, 0.25) is 0 Å². The van der Waals surface area contributed by atoms with Gasteiger partial charge in [-0.2, -0.15) is 8.42 Å². The number of hydrogen-bond acceptors (Lipinski definition) is 3. The zero-order chi connectivity index (χ0) is 11.7. The van der Waals surface area contributed by atoms with Gasteiger partial charge in [-0.3, -0.25) is 4.55 Å². The Kier molecular flexibility index (Phi) is 5.15. The van der Waals surface area contributed by atoms with Crippen LogP contribution in [0.5, 0.6) is 0 Å². The maximum absolute atomic E-state index is 11.0. The third-order valence-corrected chi connectivity index (χ3v) is 3.44. The van der Waals surface area contributed by atoms with Crippen LogP contribution in [0.15, 0.2) is 36.0 Å². The van der Waals surface area contributed by atoms with Gasteiger partial charge in [-0.15, -0.1) is 0 Å². The van der Waals surface area contributed by atoms with Crippen LogP contribution >= 0.6 is 0 Å². The third kappa shape index (κ3) is 2.64. The molecule has 0 fully saturated rings. The molecule has 0 amide bonds. The summed E-state index contributed by atoms with van der Waals surface area (Å²) in [7, 11) is -4.72. The first kappa shape index (κ1) is 15.6. The molecule has 0 unspecified atom stereocenters. The fraction of sp³-hybridized carbons (Fsp3) is 0.222. The molecule has 0 aromatic heterocycles. The van der Waals surface area contributed by atoms with Crippen molar-refractivity contribution in [1.29, 1.82) is 0 Å². The summed E-state index contributed by atoms with van der Waals surface area (Å²) in [5.41, 5.74) is 0.676. The summed E-state index contributed by atoms with van der Waals surface area (Å²) < 4.78 is 28.5. The van der Waals surface area contributed by atoms with Crippen molar-refractivity contribution in [3.05, 3.63) is 36.0 Å². The van der Waals surface area contributed by atoms with Crippen LogP contribution in [0.25, 0.3) is 0 Å². The van der Waals surface area contributed by atoms with Gasteiger partial charge < -0.3 is 5.11 Å². The van der Waals surface area contributed by atoms with Gasteiger partial charge in [0.15, 0.2) is 0 Å². The van der Waals surface area contributed by atoms with Gasteiger partial charge in [-0.05, 0) is 24.6 Å². The van der Waals surface area contributed by atoms with Gasteiger partial charge in [0.05, 0.1) is 0 Å². The van der Waals surface area contributed by atoms with E-state index in [1.165, 1.54) is 12.2 Å². The first-order valence-corrected chi connectivity index (χ1v) is 5.53. The van der Waals surface area contributed by atoms with Crippen LogP contribution in [0.1, 0.15) is 6.92 Å². The number of rotatable bonds is 2. The van der Waals surface area contributed by atoms with Gasteiger partial charge in [-0.1, -0.05) is 18.2 Å². The SMILES string of the molecule is CC=C1C=CC(C(=O)O)(S(=O)(=O)O)C=C1.[NaH]. The van der Waals surface area contributed by atoms with Crippen LogP contribution in [-0.2, 0) is 14.9 Å². The van der Waals surface area contributed by atoms with E-state index >= 15 is 0 Å². The van der Waals surface area contributed by atoms with Crippen molar-refractivity contribution in [1.82, 2.24) is 0 Å². The van der Waals surface area contributed by atoms with E-state index in [4.69, 9.17) is 9.66 Å². The molecule has 0 saturated carbocycles. The summed E-state index contributed by atoms with van der Waals surface area (Å²) in [5, 5.41) is 8.82. The van der Waals surface area contributed by atoms with Crippen molar-refractivity contribution in [3.63, 3.8) is 0 Å². The van der Waals surface area contributed by atoms with E-state index in [1.54, 1.807) is 13.0 Å². The molecule has 1 aliphatic carbocycles. The van der Waals surface area contributed by atoms with Crippen LogP contribution in [0.4, 0.5) is 0 Å². The Labute approximate surface area is 116 Å². The van der Waals surface area contributed by atoms with E-state index in [-0.39, 0.29) is 29.6 Å². The van der Waals surface area contributed by atoms with Crippen LogP contribution < -0.4 is 0 Å². The number of allylic oxidation sites excluding steroid dienone is 4. The van der Waals surface area contributed by atoms with Crippen molar-refractivity contribution in [3.8, 4) is 0 Å². The van der Waals surface area contributed by atoms with Crippen LogP contribution in [0.3, 0.4) is 0 Å². The van der Waals surface area contributed by atoms with Crippen LogP contribution in [0, 0.1) is 0 Å². The Morgan fingerprint density at radius 1 is 1.38 bits per heavy atom. The van der Waals surface area contributed by atoms with Crippen molar-refractivity contribution < 1.29 is 22.9 Å². The molecule has 0 radical (unpaired) electrons. The third-order valence-electron chi connectivity index (χ3n) is 2.14. The molecule has 0 atom stereocenters. The second-order valence-electron chi connectivity index (χ2n) is 3.03. The van der Waals surface area contributed by atoms with Gasteiger partial charge in [0.2, 0.25) is 4.75 Å². The summed E-state index contributed by atoms with van der Waals surface area (Å²) in [6, 6.07) is 0. The van der Waals surface area contributed by atoms with Gasteiger partial charge >= 0.3 is 35.5 Å². The number of aliphatic carboxylic acids is 1. The average molecular weight is 254 g/mol. The fourth-order valence-corrected chi connectivity index (χ4v) is 1.87. The summed E-state index contributed by atoms with van der Waals surface area (Å²) in [6.07, 6.45) is 6.24. The molecule has 0 spiro atoms. The Morgan fingerprint density at radius 2 is 1.81 bits per heavy atom. The summed E-state index contributed by atoms with van der Waals surface area (Å²) in [6.45, 7) is 1.73. The van der Waals surface area contributed by atoms with E-state index in [0.717, 1.165) is 12.2 Å². The summed E-state index contributed by atoms with van der Waals surface area (Å²) in [4.78, 5) is 10.9. The molecule has 16 heavy (non-hydrogen) atoms. The van der Waals surface area contributed by atoms with Gasteiger partial charge in [0.1, 0.15) is 0 Å². The zero-order valence-electron chi connectivity index (χ0n) is 7.91. The van der Waals surface area contributed by atoms with Crippen molar-refractivity contribution in [2.45, 2.75) is 11.7 Å². The number of carboxylic acids is 1. The second kappa shape index (κ2) is 5.29. The first-order valence-electron chi connectivity index (χ1n) is 4.09. The zero-order valence-corrected chi connectivity index (χ0v) is 8.73. The topological polar surface area (TPSA) is 91.7 Å². The minimum absolute atomic E-state index is 0. The van der Waals surface area contributed by atoms with Gasteiger partial charge in [-0.25, -0.2) is 4.79 Å². The Hall–Kier alpha value is -0.400. The number of carbonyl (C=O) groups is 1. The molecular weight excluding hydrogens is 243 g/mol. The van der Waals surface area contributed by atoms with Gasteiger partial charge in [0.25, 0.3) is 10.1 Å². The molecule has 1 aliphatic rings. The molecule has 0 bridgehead atoms. The monoisotopic (exact) mass is 254 g/mol. The Balaban J connectivity index is 0.00000225. The summed E-state index contributed by atoms with van der Waals surface area (Å²) in [5.74, 6) is -1.63. The van der Waals surface area contributed by atoms with Crippen molar-refractivity contribution in [2.24, 2.45) is 0 Å². The Bertz CT molecular complexity index is 456. The molecule has 0 aromatic rings. The number of carboxylic acid groups (broad SMARTS) is 1. The molecule has 5 nitrogen and oxygen atoms in total. The normalized spacial score (nSPS) is 23.8. The fourth-order valence-electron chi connectivity index (χ4n) is 1.17. The molecule has 2 N–H and O–H groups in total. The molecule has 1 rings (SSSR count). The first-order chi connectivity index (χ1) is 6.83. The van der Waals surface area contributed by atoms with E-state index in [2.05, 4.69) is 0 Å². The quantitative estimate of drug-likeness (QED) is 0.539.